The molecule has 1 aliphatic rings. The second-order valence-electron chi connectivity index (χ2n) is 6.57. The lowest BCUT2D eigenvalue weighted by Crippen LogP contribution is -2.43. The summed E-state index contributed by atoms with van der Waals surface area (Å²) in [5.74, 6) is -1.46. The van der Waals surface area contributed by atoms with Gasteiger partial charge in [0.05, 0.1) is 18.1 Å². The van der Waals surface area contributed by atoms with Crippen molar-refractivity contribution in [2.24, 2.45) is 5.92 Å². The highest BCUT2D eigenvalue weighted by molar-refractivity contribution is 5.95. The molecule has 1 fully saturated rings. The Morgan fingerprint density at radius 3 is 2.73 bits per heavy atom. The van der Waals surface area contributed by atoms with Gasteiger partial charge in [0.25, 0.3) is 0 Å². The number of nitrogens with zero attached hydrogens (tertiary/aromatic N) is 1. The van der Waals surface area contributed by atoms with Crippen molar-refractivity contribution in [3.05, 3.63) is 29.3 Å². The van der Waals surface area contributed by atoms with E-state index in [1.807, 2.05) is 6.92 Å². The highest BCUT2D eigenvalue weighted by Gasteiger charge is 2.28. The minimum absolute atomic E-state index is 0.0836. The molecule has 2 rings (SSSR count). The summed E-state index contributed by atoms with van der Waals surface area (Å²) in [4.78, 5) is 37.7. The fourth-order valence-corrected chi connectivity index (χ4v) is 3.17. The fourth-order valence-electron chi connectivity index (χ4n) is 3.17. The topological polar surface area (TPSA) is 95.9 Å². The van der Waals surface area contributed by atoms with E-state index in [1.54, 1.807) is 11.0 Å². The number of hydrogen-bond donors (Lipinski definition) is 2. The number of methoxy groups -OCH3 is 1. The number of hydrogen-bond acceptors (Lipinski definition) is 4. The third kappa shape index (κ3) is 5.29. The Hall–Kier alpha value is -2.41. The number of carboxylic acid groups (broad SMARTS) is 1. The van der Waals surface area contributed by atoms with Crippen LogP contribution in [0.1, 0.15) is 48.5 Å². The van der Waals surface area contributed by atoms with Crippen LogP contribution in [-0.4, -0.2) is 48.0 Å². The quantitative estimate of drug-likeness (QED) is 0.777. The normalized spacial score (nSPS) is 17.0. The average Bonchev–Trinajstić information content (AvgIpc) is 2.62. The van der Waals surface area contributed by atoms with Crippen molar-refractivity contribution < 1.29 is 24.2 Å². The number of carboxylic acids is 1. The molecule has 1 aromatic carbocycles. The van der Waals surface area contributed by atoms with Crippen molar-refractivity contribution in [1.29, 1.82) is 0 Å². The maximum absolute atomic E-state index is 12.6. The van der Waals surface area contributed by atoms with Gasteiger partial charge >= 0.3 is 5.97 Å². The molecule has 2 N–H and O–H groups in total. The average molecular weight is 362 g/mol. The number of nitrogens with one attached hydrogen (secondary N) is 1. The van der Waals surface area contributed by atoms with Crippen LogP contribution in [0.4, 0.5) is 5.69 Å². The number of aromatic carboxylic acids is 1. The summed E-state index contributed by atoms with van der Waals surface area (Å²) < 4.78 is 5.05. The van der Waals surface area contributed by atoms with Gasteiger partial charge in [-0.1, -0.05) is 6.92 Å². The Bertz CT molecular complexity index is 674. The van der Waals surface area contributed by atoms with Gasteiger partial charge in [-0.05, 0) is 43.0 Å². The summed E-state index contributed by atoms with van der Waals surface area (Å²) in [6.07, 6.45) is 2.79. The van der Waals surface area contributed by atoms with Gasteiger partial charge in [0.2, 0.25) is 11.8 Å². The van der Waals surface area contributed by atoms with Crippen LogP contribution in [0.3, 0.4) is 0 Å². The Kier molecular flexibility index (Phi) is 7.15. The standard InChI is InChI=1S/C19H26N2O5/c1-3-5-17(22)21-7-4-6-14(11-21)18(23)20-16-9-13(12-26-2)8-15(10-16)19(24)25/h8-10,14H,3-7,11-12H2,1-2H3,(H,20,23)(H,24,25). The Balaban J connectivity index is 2.08. The van der Waals surface area contributed by atoms with E-state index in [2.05, 4.69) is 5.32 Å². The van der Waals surface area contributed by atoms with Crippen LogP contribution in [0.25, 0.3) is 0 Å². The number of piperidine rings is 1. The van der Waals surface area contributed by atoms with E-state index < -0.39 is 5.97 Å². The Labute approximate surface area is 153 Å². The molecule has 1 atom stereocenters. The van der Waals surface area contributed by atoms with Gasteiger partial charge in [0.1, 0.15) is 0 Å². The summed E-state index contributed by atoms with van der Waals surface area (Å²) >= 11 is 0. The lowest BCUT2D eigenvalue weighted by atomic mass is 9.96. The first-order valence-electron chi connectivity index (χ1n) is 8.89. The predicted octanol–water partition coefficient (Wildman–Crippen LogP) is 2.51. The van der Waals surface area contributed by atoms with Crippen LogP contribution in [0.15, 0.2) is 18.2 Å². The molecule has 0 saturated carbocycles. The number of ether oxygens (including phenoxy) is 1. The number of carbonyl (C=O) groups is 3. The smallest absolute Gasteiger partial charge is 0.335 e. The molecule has 26 heavy (non-hydrogen) atoms. The van der Waals surface area contributed by atoms with Crippen molar-refractivity contribution >= 4 is 23.5 Å². The van der Waals surface area contributed by atoms with Crippen LogP contribution >= 0.6 is 0 Å². The predicted molar refractivity (Wildman–Crippen MR) is 97.0 cm³/mol. The zero-order valence-electron chi connectivity index (χ0n) is 15.3. The molecule has 0 radical (unpaired) electrons. The van der Waals surface area contributed by atoms with E-state index in [0.717, 1.165) is 12.8 Å². The lowest BCUT2D eigenvalue weighted by molar-refractivity contribution is -0.134. The van der Waals surface area contributed by atoms with E-state index in [0.29, 0.717) is 37.2 Å². The van der Waals surface area contributed by atoms with Gasteiger partial charge in [-0.25, -0.2) is 4.79 Å². The van der Waals surface area contributed by atoms with E-state index in [4.69, 9.17) is 4.74 Å². The van der Waals surface area contributed by atoms with Gasteiger partial charge in [0, 0.05) is 32.3 Å². The van der Waals surface area contributed by atoms with Crippen LogP contribution in [0.2, 0.25) is 0 Å². The van der Waals surface area contributed by atoms with E-state index in [9.17, 15) is 19.5 Å². The molecule has 1 unspecified atom stereocenters. The van der Waals surface area contributed by atoms with E-state index >= 15 is 0 Å². The minimum atomic E-state index is -1.06. The summed E-state index contributed by atoms with van der Waals surface area (Å²) in [5.41, 5.74) is 1.20. The molecule has 0 aliphatic carbocycles. The highest BCUT2D eigenvalue weighted by Crippen LogP contribution is 2.21. The molecular formula is C19H26N2O5. The molecule has 7 nitrogen and oxygen atoms in total. The molecule has 142 valence electrons. The van der Waals surface area contributed by atoms with Crippen LogP contribution in [0, 0.1) is 5.92 Å². The number of likely N-dealkylation sites (tertiary alicyclic amines) is 1. The van der Waals surface area contributed by atoms with Crippen LogP contribution < -0.4 is 5.32 Å². The molecule has 0 aromatic heterocycles. The Morgan fingerprint density at radius 1 is 1.31 bits per heavy atom. The van der Waals surface area contributed by atoms with E-state index in [-0.39, 0.29) is 29.9 Å². The number of anilines is 1. The molecule has 1 saturated heterocycles. The van der Waals surface area contributed by atoms with Gasteiger partial charge < -0.3 is 20.1 Å². The summed E-state index contributed by atoms with van der Waals surface area (Å²) in [7, 11) is 1.52. The van der Waals surface area contributed by atoms with Crippen molar-refractivity contribution in [2.45, 2.75) is 39.2 Å². The zero-order valence-corrected chi connectivity index (χ0v) is 15.3. The van der Waals surface area contributed by atoms with Crippen molar-refractivity contribution in [3.8, 4) is 0 Å². The van der Waals surface area contributed by atoms with Crippen molar-refractivity contribution in [1.82, 2.24) is 4.90 Å². The molecule has 1 heterocycles. The first-order chi connectivity index (χ1) is 12.4. The van der Waals surface area contributed by atoms with Crippen LogP contribution in [0.5, 0.6) is 0 Å². The van der Waals surface area contributed by atoms with Crippen LogP contribution in [-0.2, 0) is 20.9 Å². The van der Waals surface area contributed by atoms with Gasteiger partial charge in [-0.2, -0.15) is 0 Å². The van der Waals surface area contributed by atoms with E-state index in [1.165, 1.54) is 19.2 Å². The molecular weight excluding hydrogens is 336 g/mol. The third-order valence-electron chi connectivity index (χ3n) is 4.43. The second kappa shape index (κ2) is 9.33. The first kappa shape index (κ1) is 19.9. The first-order valence-corrected chi connectivity index (χ1v) is 8.89. The summed E-state index contributed by atoms with van der Waals surface area (Å²) in [6, 6.07) is 4.66. The second-order valence-corrected chi connectivity index (χ2v) is 6.57. The molecule has 1 aromatic rings. The number of carbonyl (C=O) groups excluding carboxylic acids is 2. The molecule has 1 aliphatic heterocycles. The highest BCUT2D eigenvalue weighted by atomic mass is 16.5. The summed E-state index contributed by atoms with van der Waals surface area (Å²) in [6.45, 7) is 3.31. The lowest BCUT2D eigenvalue weighted by Gasteiger charge is -2.32. The maximum atomic E-state index is 12.6. The monoisotopic (exact) mass is 362 g/mol. The van der Waals surface area contributed by atoms with Gasteiger partial charge in [-0.3, -0.25) is 9.59 Å². The van der Waals surface area contributed by atoms with Gasteiger partial charge in [0.15, 0.2) is 0 Å². The van der Waals surface area contributed by atoms with Crippen molar-refractivity contribution in [3.63, 3.8) is 0 Å². The molecule has 7 heteroatoms. The fraction of sp³-hybridized carbons (Fsp3) is 0.526. The number of benzene rings is 1. The Morgan fingerprint density at radius 2 is 2.08 bits per heavy atom. The summed E-state index contributed by atoms with van der Waals surface area (Å²) in [5, 5.41) is 12.0. The largest absolute Gasteiger partial charge is 0.478 e. The molecule has 0 bridgehead atoms. The number of rotatable bonds is 7. The molecule has 2 amide bonds. The third-order valence-corrected chi connectivity index (χ3v) is 4.43. The van der Waals surface area contributed by atoms with Crippen molar-refractivity contribution in [2.75, 3.05) is 25.5 Å². The zero-order chi connectivity index (χ0) is 19.1. The van der Waals surface area contributed by atoms with Gasteiger partial charge in [-0.15, -0.1) is 0 Å². The molecule has 0 spiro atoms. The number of amides is 2. The SMILES string of the molecule is CCCC(=O)N1CCCC(C(=O)Nc2cc(COC)cc(C(=O)O)c2)C1. The maximum Gasteiger partial charge on any atom is 0.335 e. The minimum Gasteiger partial charge on any atom is -0.478 e.